The van der Waals surface area contributed by atoms with Crippen molar-refractivity contribution < 1.29 is 9.59 Å². The monoisotopic (exact) mass is 366 g/mol. The molecular weight excluding hydrogens is 355 g/mol. The quantitative estimate of drug-likeness (QED) is 0.890. The van der Waals surface area contributed by atoms with E-state index in [1.54, 1.807) is 18.2 Å². The maximum atomic E-state index is 12.3. The lowest BCUT2D eigenvalue weighted by molar-refractivity contribution is -0.120. The van der Waals surface area contributed by atoms with Crippen LogP contribution in [-0.4, -0.2) is 24.1 Å². The molecule has 23 heavy (non-hydrogen) atoms. The first-order valence-electron chi connectivity index (χ1n) is 6.82. The summed E-state index contributed by atoms with van der Waals surface area (Å²) in [4.78, 5) is 26.9. The van der Waals surface area contributed by atoms with Gasteiger partial charge in [-0.2, -0.15) is 0 Å². The topological polar surface area (TPSA) is 49.4 Å². The second-order valence-electron chi connectivity index (χ2n) is 4.89. The van der Waals surface area contributed by atoms with Gasteiger partial charge in [-0.05, 0) is 24.3 Å². The smallest absolute Gasteiger partial charge is 0.244 e. The van der Waals surface area contributed by atoms with E-state index in [4.69, 9.17) is 23.2 Å². The maximum Gasteiger partial charge on any atom is 0.244 e. The molecule has 2 amide bonds. The first-order valence-corrected chi connectivity index (χ1v) is 8.56. The highest BCUT2D eigenvalue weighted by Crippen LogP contribution is 2.35. The van der Waals surface area contributed by atoms with Gasteiger partial charge in [-0.3, -0.25) is 9.59 Å². The van der Waals surface area contributed by atoms with Crippen molar-refractivity contribution in [2.45, 2.75) is 4.90 Å². The summed E-state index contributed by atoms with van der Waals surface area (Å²) in [6.07, 6.45) is 0. The zero-order chi connectivity index (χ0) is 16.4. The molecule has 2 aromatic carbocycles. The lowest BCUT2D eigenvalue weighted by atomic mass is 10.2. The molecule has 1 aliphatic heterocycles. The van der Waals surface area contributed by atoms with Crippen LogP contribution in [0.2, 0.25) is 10.0 Å². The molecule has 0 spiro atoms. The minimum Gasteiger partial charge on any atom is -0.323 e. The molecule has 0 fully saturated rings. The van der Waals surface area contributed by atoms with Gasteiger partial charge in [0.05, 0.1) is 27.2 Å². The van der Waals surface area contributed by atoms with Crippen LogP contribution in [0.1, 0.15) is 0 Å². The van der Waals surface area contributed by atoms with Crippen LogP contribution in [0, 0.1) is 0 Å². The molecule has 2 aromatic rings. The predicted molar refractivity (Wildman–Crippen MR) is 94.6 cm³/mol. The van der Waals surface area contributed by atoms with E-state index in [0.717, 1.165) is 10.6 Å². The van der Waals surface area contributed by atoms with Gasteiger partial charge in [0, 0.05) is 4.90 Å². The lowest BCUT2D eigenvalue weighted by Gasteiger charge is -2.28. The van der Waals surface area contributed by atoms with Gasteiger partial charge in [0.15, 0.2) is 0 Å². The minimum atomic E-state index is -0.329. The molecule has 4 nitrogen and oxygen atoms in total. The summed E-state index contributed by atoms with van der Waals surface area (Å²) in [6, 6.07) is 12.5. The highest BCUT2D eigenvalue weighted by Gasteiger charge is 2.26. The number of hydrogen-bond acceptors (Lipinski definition) is 3. The molecule has 0 unspecified atom stereocenters. The van der Waals surface area contributed by atoms with E-state index >= 15 is 0 Å². The Morgan fingerprint density at radius 1 is 1.17 bits per heavy atom. The number of amides is 2. The van der Waals surface area contributed by atoms with E-state index in [-0.39, 0.29) is 23.4 Å². The zero-order valence-corrected chi connectivity index (χ0v) is 14.2. The highest BCUT2D eigenvalue weighted by atomic mass is 35.5. The van der Waals surface area contributed by atoms with Crippen LogP contribution in [-0.2, 0) is 9.59 Å². The molecule has 0 saturated carbocycles. The fourth-order valence-electron chi connectivity index (χ4n) is 2.26. The molecule has 1 heterocycles. The molecule has 7 heteroatoms. The zero-order valence-electron chi connectivity index (χ0n) is 11.9. The number of benzene rings is 2. The lowest BCUT2D eigenvalue weighted by Crippen LogP contribution is -2.41. The summed E-state index contributed by atoms with van der Waals surface area (Å²) in [5.41, 5.74) is 1.18. The van der Waals surface area contributed by atoms with Gasteiger partial charge >= 0.3 is 0 Å². The summed E-state index contributed by atoms with van der Waals surface area (Å²) in [5, 5.41) is 3.34. The Morgan fingerprint density at radius 3 is 2.78 bits per heavy atom. The molecule has 3 rings (SSSR count). The fraction of sp³-hybridized carbons (Fsp3) is 0.125. The number of fused-ring (bicyclic) bond motifs is 1. The number of halogens is 2. The van der Waals surface area contributed by atoms with Crippen LogP contribution in [0.25, 0.3) is 0 Å². The van der Waals surface area contributed by atoms with Crippen molar-refractivity contribution in [1.29, 1.82) is 0 Å². The first kappa shape index (κ1) is 16.2. The fourth-order valence-corrected chi connectivity index (χ4v) is 3.54. The Bertz CT molecular complexity index is 782. The van der Waals surface area contributed by atoms with E-state index in [0.29, 0.717) is 16.5 Å². The summed E-state index contributed by atoms with van der Waals surface area (Å²) < 4.78 is 0. The number of para-hydroxylation sites is 1. The highest BCUT2D eigenvalue weighted by molar-refractivity contribution is 8.00. The van der Waals surface area contributed by atoms with E-state index in [1.165, 1.54) is 16.7 Å². The molecular formula is C16H12Cl2N2O2S. The van der Waals surface area contributed by atoms with E-state index in [9.17, 15) is 9.59 Å². The Hall–Kier alpha value is -1.69. The molecule has 1 N–H and O–H groups in total. The molecule has 0 aliphatic carbocycles. The summed E-state index contributed by atoms with van der Waals surface area (Å²) in [7, 11) is 0. The second-order valence-corrected chi connectivity index (χ2v) is 6.69. The van der Waals surface area contributed by atoms with Crippen LogP contribution >= 0.6 is 35.0 Å². The van der Waals surface area contributed by atoms with Gasteiger partial charge in [0.1, 0.15) is 6.54 Å². The largest absolute Gasteiger partial charge is 0.323 e. The molecule has 118 valence electrons. The normalized spacial score (nSPS) is 13.7. The first-order chi connectivity index (χ1) is 11.1. The van der Waals surface area contributed by atoms with Gasteiger partial charge in [0.2, 0.25) is 11.8 Å². The second kappa shape index (κ2) is 6.83. The molecule has 0 radical (unpaired) electrons. The number of rotatable bonds is 3. The van der Waals surface area contributed by atoms with Gasteiger partial charge in [0.25, 0.3) is 0 Å². The Morgan fingerprint density at radius 2 is 1.96 bits per heavy atom. The standard InChI is InChI=1S/C16H12Cl2N2O2S/c17-10-4-3-5-11(16(10)18)19-14(21)8-20-12-6-1-2-7-13(12)23-9-15(20)22/h1-7H,8-9H2,(H,19,21). The van der Waals surface area contributed by atoms with Crippen molar-refractivity contribution in [2.75, 3.05) is 22.5 Å². The van der Waals surface area contributed by atoms with Gasteiger partial charge in [-0.25, -0.2) is 0 Å². The number of thioether (sulfide) groups is 1. The third-order valence-corrected chi connectivity index (χ3v) is 5.20. The van der Waals surface area contributed by atoms with Crippen molar-refractivity contribution in [3.8, 4) is 0 Å². The van der Waals surface area contributed by atoms with Crippen molar-refractivity contribution in [2.24, 2.45) is 0 Å². The number of anilines is 2. The van der Waals surface area contributed by atoms with Gasteiger partial charge in [-0.15, -0.1) is 11.8 Å². The van der Waals surface area contributed by atoms with E-state index in [2.05, 4.69) is 5.32 Å². The Kier molecular flexibility index (Phi) is 4.80. The molecule has 0 aromatic heterocycles. The third kappa shape index (κ3) is 3.47. The SMILES string of the molecule is O=C(CN1C(=O)CSc2ccccc21)Nc1cccc(Cl)c1Cl. The Labute approximate surface area is 147 Å². The molecule has 0 atom stereocenters. The van der Waals surface area contributed by atoms with Crippen LogP contribution in [0.15, 0.2) is 47.4 Å². The van der Waals surface area contributed by atoms with Crippen LogP contribution in [0.3, 0.4) is 0 Å². The maximum absolute atomic E-state index is 12.3. The number of hydrogen-bond donors (Lipinski definition) is 1. The van der Waals surface area contributed by atoms with Gasteiger partial charge < -0.3 is 10.2 Å². The predicted octanol–water partition coefficient (Wildman–Crippen LogP) is 4.07. The van der Waals surface area contributed by atoms with Crippen LogP contribution in [0.5, 0.6) is 0 Å². The molecule has 0 bridgehead atoms. The number of carbonyl (C=O) groups excluding carboxylic acids is 2. The third-order valence-electron chi connectivity index (χ3n) is 3.34. The summed E-state index contributed by atoms with van der Waals surface area (Å²) in [6.45, 7) is -0.0702. The van der Waals surface area contributed by atoms with Crippen LogP contribution < -0.4 is 10.2 Å². The summed E-state index contributed by atoms with van der Waals surface area (Å²) >= 11 is 13.5. The molecule has 0 saturated heterocycles. The van der Waals surface area contributed by atoms with E-state index in [1.807, 2.05) is 24.3 Å². The van der Waals surface area contributed by atoms with Crippen molar-refractivity contribution in [1.82, 2.24) is 0 Å². The van der Waals surface area contributed by atoms with Crippen molar-refractivity contribution in [3.63, 3.8) is 0 Å². The average molecular weight is 367 g/mol. The van der Waals surface area contributed by atoms with E-state index < -0.39 is 0 Å². The molecule has 1 aliphatic rings. The summed E-state index contributed by atoms with van der Waals surface area (Å²) in [5.74, 6) is -0.104. The minimum absolute atomic E-state index is 0.0702. The number of nitrogens with zero attached hydrogens (tertiary/aromatic N) is 1. The Balaban J connectivity index is 1.78. The number of carbonyl (C=O) groups is 2. The van der Waals surface area contributed by atoms with Crippen molar-refractivity contribution >= 4 is 58.2 Å². The number of nitrogens with one attached hydrogen (secondary N) is 1. The van der Waals surface area contributed by atoms with Gasteiger partial charge in [-0.1, -0.05) is 41.4 Å². The van der Waals surface area contributed by atoms with Crippen molar-refractivity contribution in [3.05, 3.63) is 52.5 Å². The average Bonchev–Trinajstić information content (AvgIpc) is 2.54. The van der Waals surface area contributed by atoms with Crippen LogP contribution in [0.4, 0.5) is 11.4 Å².